The first-order valence-corrected chi connectivity index (χ1v) is 6.34. The number of aromatic nitrogens is 2. The van der Waals surface area contributed by atoms with Crippen LogP contribution in [-0.2, 0) is 0 Å². The summed E-state index contributed by atoms with van der Waals surface area (Å²) in [7, 11) is 0. The number of hydrogen-bond acceptors (Lipinski definition) is 2. The highest BCUT2D eigenvalue weighted by molar-refractivity contribution is 9.13. The number of pyridine rings is 2. The Hall–Kier alpha value is -1.00. The standard InChI is InChI=1S/C12H6Br2N2/c13-9-6-8-4-3-7-2-1-5-15-10(7)11(8)16-12(9)14/h1-6H. The van der Waals surface area contributed by atoms with Gasteiger partial charge in [0.25, 0.3) is 0 Å². The molecule has 78 valence electrons. The lowest BCUT2D eigenvalue weighted by atomic mass is 10.1. The van der Waals surface area contributed by atoms with Gasteiger partial charge in [0.15, 0.2) is 0 Å². The molecule has 0 bridgehead atoms. The van der Waals surface area contributed by atoms with Crippen molar-refractivity contribution in [3.63, 3.8) is 0 Å². The molecule has 0 aliphatic carbocycles. The molecule has 16 heavy (non-hydrogen) atoms. The molecule has 0 aliphatic rings. The van der Waals surface area contributed by atoms with Gasteiger partial charge in [-0.2, -0.15) is 0 Å². The maximum Gasteiger partial charge on any atom is 0.121 e. The van der Waals surface area contributed by atoms with Gasteiger partial charge in [-0.3, -0.25) is 4.98 Å². The molecule has 1 aromatic carbocycles. The summed E-state index contributed by atoms with van der Waals surface area (Å²) in [5, 5.41) is 2.19. The van der Waals surface area contributed by atoms with Gasteiger partial charge in [-0.15, -0.1) is 0 Å². The van der Waals surface area contributed by atoms with Gasteiger partial charge in [-0.05, 0) is 44.0 Å². The molecule has 0 aliphatic heterocycles. The van der Waals surface area contributed by atoms with Gasteiger partial charge >= 0.3 is 0 Å². The van der Waals surface area contributed by atoms with E-state index < -0.39 is 0 Å². The lowest BCUT2D eigenvalue weighted by Crippen LogP contribution is -1.86. The molecule has 3 rings (SSSR count). The number of hydrogen-bond donors (Lipinski definition) is 0. The van der Waals surface area contributed by atoms with Gasteiger partial charge in [-0.1, -0.05) is 18.2 Å². The first-order chi connectivity index (χ1) is 7.75. The topological polar surface area (TPSA) is 25.8 Å². The summed E-state index contributed by atoms with van der Waals surface area (Å²) in [6, 6.07) is 10.1. The van der Waals surface area contributed by atoms with Crippen molar-refractivity contribution in [3.8, 4) is 0 Å². The normalized spacial score (nSPS) is 11.1. The quantitative estimate of drug-likeness (QED) is 0.451. The van der Waals surface area contributed by atoms with Crippen LogP contribution in [0.2, 0.25) is 0 Å². The molecular weight excluding hydrogens is 332 g/mol. The van der Waals surface area contributed by atoms with Crippen LogP contribution in [0, 0.1) is 0 Å². The average molecular weight is 338 g/mol. The minimum absolute atomic E-state index is 0.804. The largest absolute Gasteiger partial charge is 0.254 e. The maximum absolute atomic E-state index is 4.51. The highest BCUT2D eigenvalue weighted by atomic mass is 79.9. The van der Waals surface area contributed by atoms with Crippen molar-refractivity contribution < 1.29 is 0 Å². The second-order valence-corrected chi connectivity index (χ2v) is 5.08. The van der Waals surface area contributed by atoms with Gasteiger partial charge in [0.05, 0.1) is 15.5 Å². The first kappa shape index (κ1) is 10.2. The molecule has 0 saturated heterocycles. The highest BCUT2D eigenvalue weighted by Gasteiger charge is 2.06. The summed E-state index contributed by atoms with van der Waals surface area (Å²) >= 11 is 6.87. The van der Waals surface area contributed by atoms with Crippen molar-refractivity contribution in [2.24, 2.45) is 0 Å². The Morgan fingerprint density at radius 1 is 0.938 bits per heavy atom. The average Bonchev–Trinajstić information content (AvgIpc) is 2.31. The Labute approximate surface area is 109 Å². The molecule has 0 N–H and O–H groups in total. The molecule has 0 unspecified atom stereocenters. The van der Waals surface area contributed by atoms with Crippen LogP contribution in [0.1, 0.15) is 0 Å². The van der Waals surface area contributed by atoms with Crippen molar-refractivity contribution in [2.75, 3.05) is 0 Å². The zero-order chi connectivity index (χ0) is 11.1. The third-order valence-corrected chi connectivity index (χ3v) is 4.21. The van der Waals surface area contributed by atoms with Gasteiger partial charge in [-0.25, -0.2) is 4.98 Å². The minimum Gasteiger partial charge on any atom is -0.254 e. The molecule has 2 nitrogen and oxygen atoms in total. The number of benzene rings is 1. The Kier molecular flexibility index (Phi) is 2.41. The molecule has 3 aromatic rings. The van der Waals surface area contributed by atoms with E-state index in [1.54, 1.807) is 6.20 Å². The summed E-state index contributed by atoms with van der Waals surface area (Å²) < 4.78 is 1.76. The van der Waals surface area contributed by atoms with E-state index in [1.165, 1.54) is 0 Å². The summed E-state index contributed by atoms with van der Waals surface area (Å²) in [5.74, 6) is 0. The van der Waals surface area contributed by atoms with Crippen molar-refractivity contribution >= 4 is 53.7 Å². The smallest absolute Gasteiger partial charge is 0.121 e. The first-order valence-electron chi connectivity index (χ1n) is 4.75. The fourth-order valence-corrected chi connectivity index (χ4v) is 2.35. The predicted octanol–water partition coefficient (Wildman–Crippen LogP) is 4.31. The van der Waals surface area contributed by atoms with E-state index >= 15 is 0 Å². The zero-order valence-electron chi connectivity index (χ0n) is 8.11. The van der Waals surface area contributed by atoms with Gasteiger partial charge in [0, 0.05) is 17.0 Å². The van der Waals surface area contributed by atoms with Gasteiger partial charge in [0.1, 0.15) is 4.60 Å². The summed E-state index contributed by atoms with van der Waals surface area (Å²) in [6.07, 6.45) is 1.79. The van der Waals surface area contributed by atoms with Crippen molar-refractivity contribution in [1.82, 2.24) is 9.97 Å². The molecule has 4 heteroatoms. The Morgan fingerprint density at radius 3 is 2.62 bits per heavy atom. The van der Waals surface area contributed by atoms with Crippen LogP contribution in [0.3, 0.4) is 0 Å². The van der Waals surface area contributed by atoms with Crippen LogP contribution in [0.5, 0.6) is 0 Å². The molecule has 0 spiro atoms. The monoisotopic (exact) mass is 336 g/mol. The number of halogens is 2. The minimum atomic E-state index is 0.804. The van der Waals surface area contributed by atoms with E-state index in [2.05, 4.69) is 54.0 Å². The summed E-state index contributed by atoms with van der Waals surface area (Å²) in [5.41, 5.74) is 1.86. The van der Waals surface area contributed by atoms with Crippen LogP contribution in [-0.4, -0.2) is 9.97 Å². The van der Waals surface area contributed by atoms with E-state index in [0.29, 0.717) is 0 Å². The Balaban J connectivity index is 2.55. The number of fused-ring (bicyclic) bond motifs is 3. The molecular formula is C12H6Br2N2. The molecule has 2 aromatic heterocycles. The lowest BCUT2D eigenvalue weighted by molar-refractivity contribution is 1.32. The molecule has 2 heterocycles. The Morgan fingerprint density at radius 2 is 1.75 bits per heavy atom. The summed E-state index contributed by atoms with van der Waals surface area (Å²) in [4.78, 5) is 8.89. The third-order valence-electron chi connectivity index (χ3n) is 2.47. The lowest BCUT2D eigenvalue weighted by Gasteiger charge is -2.03. The van der Waals surface area contributed by atoms with Gasteiger partial charge < -0.3 is 0 Å². The van der Waals surface area contributed by atoms with Crippen LogP contribution >= 0.6 is 31.9 Å². The van der Waals surface area contributed by atoms with E-state index in [4.69, 9.17) is 0 Å². The molecule has 0 fully saturated rings. The van der Waals surface area contributed by atoms with E-state index in [1.807, 2.05) is 18.2 Å². The Bertz CT molecular complexity index is 695. The van der Waals surface area contributed by atoms with Gasteiger partial charge in [0.2, 0.25) is 0 Å². The van der Waals surface area contributed by atoms with Crippen molar-refractivity contribution in [3.05, 3.63) is 45.6 Å². The van der Waals surface area contributed by atoms with E-state index in [-0.39, 0.29) is 0 Å². The van der Waals surface area contributed by atoms with E-state index in [0.717, 1.165) is 30.9 Å². The predicted molar refractivity (Wildman–Crippen MR) is 72.4 cm³/mol. The second-order valence-electron chi connectivity index (χ2n) is 3.47. The second kappa shape index (κ2) is 3.79. The summed E-state index contributed by atoms with van der Waals surface area (Å²) in [6.45, 7) is 0. The van der Waals surface area contributed by atoms with Crippen LogP contribution in [0.4, 0.5) is 0 Å². The number of nitrogens with zero attached hydrogens (tertiary/aromatic N) is 2. The SMILES string of the molecule is Brc1cc2ccc3cccnc3c2nc1Br. The molecule has 0 saturated carbocycles. The zero-order valence-corrected chi connectivity index (χ0v) is 11.3. The number of rotatable bonds is 0. The van der Waals surface area contributed by atoms with Crippen LogP contribution < -0.4 is 0 Å². The van der Waals surface area contributed by atoms with E-state index in [9.17, 15) is 0 Å². The fourth-order valence-electron chi connectivity index (χ4n) is 1.73. The van der Waals surface area contributed by atoms with Crippen LogP contribution in [0.15, 0.2) is 45.6 Å². The van der Waals surface area contributed by atoms with Crippen molar-refractivity contribution in [2.45, 2.75) is 0 Å². The molecule has 0 atom stereocenters. The highest BCUT2D eigenvalue weighted by Crippen LogP contribution is 2.28. The van der Waals surface area contributed by atoms with Crippen molar-refractivity contribution in [1.29, 1.82) is 0 Å². The molecule has 0 radical (unpaired) electrons. The maximum atomic E-state index is 4.51. The third kappa shape index (κ3) is 1.53. The van der Waals surface area contributed by atoms with Crippen LogP contribution in [0.25, 0.3) is 21.8 Å². The fraction of sp³-hybridized carbons (Fsp3) is 0. The molecule has 0 amide bonds.